The summed E-state index contributed by atoms with van der Waals surface area (Å²) in [4.78, 5) is 10.5. The van der Waals surface area contributed by atoms with Gasteiger partial charge < -0.3 is 20.7 Å². The number of aliphatic carboxylic acids is 1. The molecule has 1 rings (SSSR count). The molecule has 2 atom stereocenters. The molecule has 0 aromatic heterocycles. The van der Waals surface area contributed by atoms with Gasteiger partial charge in [-0.3, -0.25) is 4.79 Å². The van der Waals surface area contributed by atoms with Crippen molar-refractivity contribution in [2.75, 3.05) is 11.5 Å². The highest BCUT2D eigenvalue weighted by Gasteiger charge is 2.54. The molecule has 0 aliphatic heterocycles. The Morgan fingerprint density at radius 3 is 2.11 bits per heavy atom. The Balaban J connectivity index is 2.78. The van der Waals surface area contributed by atoms with Crippen LogP contribution >= 0.6 is 11.8 Å². The molecule has 4 N–H and O–H groups in total. The molecule has 0 saturated heterocycles. The first-order valence-corrected chi connectivity index (χ1v) is 8.63. The maximum atomic E-state index is 13.3. The Morgan fingerprint density at radius 1 is 1.11 bits per heavy atom. The zero-order valence-corrected chi connectivity index (χ0v) is 14.5. The van der Waals surface area contributed by atoms with Crippen LogP contribution < -0.4 is 10.5 Å². The number of carboxylic acids is 1. The third kappa shape index (κ3) is 7.11. The number of hydrogen-bond donors (Lipinski definition) is 3. The molecule has 27 heavy (non-hydrogen) atoms. The highest BCUT2D eigenvalue weighted by atomic mass is 32.2. The smallest absolute Gasteiger partial charge is 0.480 e. The van der Waals surface area contributed by atoms with Gasteiger partial charge in [-0.05, 0) is 42.0 Å². The molecular formula is C15H17F6NO4S. The van der Waals surface area contributed by atoms with Crippen LogP contribution in [-0.4, -0.2) is 46.3 Å². The first-order valence-electron chi connectivity index (χ1n) is 7.48. The number of alkyl halides is 6. The van der Waals surface area contributed by atoms with Crippen LogP contribution in [-0.2, 0) is 10.4 Å². The van der Waals surface area contributed by atoms with Gasteiger partial charge in [-0.2, -0.15) is 24.9 Å². The van der Waals surface area contributed by atoms with Crippen LogP contribution in [0.1, 0.15) is 18.4 Å². The van der Waals surface area contributed by atoms with Crippen LogP contribution in [0.2, 0.25) is 0 Å². The van der Waals surface area contributed by atoms with E-state index in [1.807, 2.05) is 0 Å². The van der Waals surface area contributed by atoms with E-state index in [1.54, 1.807) is 0 Å². The largest absolute Gasteiger partial charge is 0.573 e. The van der Waals surface area contributed by atoms with Crippen molar-refractivity contribution in [3.63, 3.8) is 0 Å². The lowest BCUT2D eigenvalue weighted by Crippen LogP contribution is -2.42. The van der Waals surface area contributed by atoms with Crippen molar-refractivity contribution >= 4 is 17.7 Å². The number of halogens is 6. The van der Waals surface area contributed by atoms with Gasteiger partial charge in [-0.15, -0.1) is 13.2 Å². The summed E-state index contributed by atoms with van der Waals surface area (Å²) in [5.41, 5.74) is 1.36. The fraction of sp³-hybridized carbons (Fsp3) is 0.533. The number of rotatable bonds is 9. The maximum Gasteiger partial charge on any atom is 0.573 e. The van der Waals surface area contributed by atoms with Crippen LogP contribution in [0.15, 0.2) is 24.3 Å². The molecule has 0 aliphatic rings. The summed E-state index contributed by atoms with van der Waals surface area (Å²) in [7, 11) is 0. The summed E-state index contributed by atoms with van der Waals surface area (Å²) in [5.74, 6) is -1.96. The van der Waals surface area contributed by atoms with Crippen molar-refractivity contribution in [1.29, 1.82) is 0 Å². The minimum Gasteiger partial charge on any atom is -0.480 e. The standard InChI is InChI=1S/C15H17F6NO4S/c16-14(17,18)13(25,6-8-27-7-5-11(22)12(23)24)9-1-3-10(4-2-9)26-15(19,20)21/h1-4,11,25H,5-8,22H2,(H,23,24). The molecule has 0 amide bonds. The second kappa shape index (κ2) is 9.02. The van der Waals surface area contributed by atoms with E-state index >= 15 is 0 Å². The third-order valence-electron chi connectivity index (χ3n) is 3.53. The fourth-order valence-electron chi connectivity index (χ4n) is 2.04. The quantitative estimate of drug-likeness (QED) is 0.419. The molecule has 0 saturated carbocycles. The van der Waals surface area contributed by atoms with Crippen molar-refractivity contribution in [3.05, 3.63) is 29.8 Å². The van der Waals surface area contributed by atoms with Gasteiger partial charge in [-0.1, -0.05) is 12.1 Å². The van der Waals surface area contributed by atoms with Crippen LogP contribution in [0.5, 0.6) is 5.75 Å². The van der Waals surface area contributed by atoms with Gasteiger partial charge in [-0.25, -0.2) is 0 Å². The second-order valence-electron chi connectivity index (χ2n) is 5.53. The number of hydrogen-bond acceptors (Lipinski definition) is 5. The molecule has 0 radical (unpaired) electrons. The fourth-order valence-corrected chi connectivity index (χ4v) is 3.10. The first-order chi connectivity index (χ1) is 12.3. The Bertz CT molecular complexity index is 622. The lowest BCUT2D eigenvalue weighted by Gasteiger charge is -2.31. The predicted octanol–water partition coefficient (Wildman–Crippen LogP) is 3.26. The number of nitrogens with two attached hydrogens (primary N) is 1. The van der Waals surface area contributed by atoms with Gasteiger partial charge in [0.05, 0.1) is 0 Å². The number of benzene rings is 1. The number of aliphatic hydroxyl groups is 1. The lowest BCUT2D eigenvalue weighted by atomic mass is 9.90. The normalized spacial score (nSPS) is 15.9. The van der Waals surface area contributed by atoms with E-state index in [0.717, 1.165) is 11.8 Å². The van der Waals surface area contributed by atoms with Gasteiger partial charge in [0.15, 0.2) is 5.60 Å². The van der Waals surface area contributed by atoms with Crippen LogP contribution in [0.4, 0.5) is 26.3 Å². The topological polar surface area (TPSA) is 92.8 Å². The van der Waals surface area contributed by atoms with Gasteiger partial charge in [0.1, 0.15) is 11.8 Å². The van der Waals surface area contributed by atoms with Crippen LogP contribution in [0.25, 0.3) is 0 Å². The van der Waals surface area contributed by atoms with Crippen molar-refractivity contribution in [2.45, 2.75) is 37.0 Å². The predicted molar refractivity (Wildman–Crippen MR) is 85.2 cm³/mol. The average molecular weight is 421 g/mol. The monoisotopic (exact) mass is 421 g/mol. The van der Waals surface area contributed by atoms with E-state index in [1.165, 1.54) is 0 Å². The summed E-state index contributed by atoms with van der Waals surface area (Å²) >= 11 is 0.971. The van der Waals surface area contributed by atoms with Gasteiger partial charge in [0.25, 0.3) is 0 Å². The zero-order valence-electron chi connectivity index (χ0n) is 13.7. The van der Waals surface area contributed by atoms with Crippen LogP contribution in [0, 0.1) is 0 Å². The number of carboxylic acid groups (broad SMARTS) is 1. The van der Waals surface area contributed by atoms with Crippen molar-refractivity contribution in [3.8, 4) is 5.75 Å². The molecule has 0 heterocycles. The Hall–Kier alpha value is -1.66. The molecule has 154 valence electrons. The Kier molecular flexibility index (Phi) is 7.81. The summed E-state index contributed by atoms with van der Waals surface area (Å²) in [6.45, 7) is 0. The van der Waals surface area contributed by atoms with Crippen molar-refractivity contribution in [1.82, 2.24) is 0 Å². The summed E-state index contributed by atoms with van der Waals surface area (Å²) in [5, 5.41) is 18.7. The minimum absolute atomic E-state index is 0.0356. The number of thioether (sulfide) groups is 1. The molecule has 2 unspecified atom stereocenters. The first kappa shape index (κ1) is 23.4. The molecule has 1 aromatic carbocycles. The molecular weight excluding hydrogens is 404 g/mol. The number of ether oxygens (including phenoxy) is 1. The van der Waals surface area contributed by atoms with Crippen molar-refractivity contribution in [2.24, 2.45) is 5.73 Å². The van der Waals surface area contributed by atoms with E-state index in [2.05, 4.69) is 4.74 Å². The van der Waals surface area contributed by atoms with Gasteiger partial charge >= 0.3 is 18.5 Å². The molecule has 0 spiro atoms. The maximum absolute atomic E-state index is 13.3. The van der Waals surface area contributed by atoms with E-state index in [0.29, 0.717) is 24.3 Å². The third-order valence-corrected chi connectivity index (χ3v) is 4.55. The summed E-state index contributed by atoms with van der Waals surface area (Å²) < 4.78 is 79.9. The highest BCUT2D eigenvalue weighted by molar-refractivity contribution is 7.99. The average Bonchev–Trinajstić information content (AvgIpc) is 2.52. The summed E-state index contributed by atoms with van der Waals surface area (Å²) in [6, 6.07) is 1.64. The SMILES string of the molecule is NC(CCSCCC(O)(c1ccc(OC(F)(F)F)cc1)C(F)(F)F)C(=O)O. The summed E-state index contributed by atoms with van der Waals surface area (Å²) in [6.07, 6.45) is -10.8. The van der Waals surface area contributed by atoms with E-state index < -0.39 is 47.9 Å². The highest BCUT2D eigenvalue weighted by Crippen LogP contribution is 2.42. The molecule has 12 heteroatoms. The Morgan fingerprint density at radius 2 is 1.67 bits per heavy atom. The number of carbonyl (C=O) groups is 1. The van der Waals surface area contributed by atoms with Gasteiger partial charge in [0.2, 0.25) is 0 Å². The molecule has 0 fully saturated rings. The van der Waals surface area contributed by atoms with Gasteiger partial charge in [0, 0.05) is 0 Å². The lowest BCUT2D eigenvalue weighted by molar-refractivity contribution is -0.275. The minimum atomic E-state index is -5.07. The molecule has 5 nitrogen and oxygen atoms in total. The Labute approximate surface area is 154 Å². The second-order valence-corrected chi connectivity index (χ2v) is 6.75. The van der Waals surface area contributed by atoms with E-state index in [9.17, 15) is 36.2 Å². The zero-order chi connectivity index (χ0) is 20.9. The molecule has 0 bridgehead atoms. The molecule has 0 aliphatic carbocycles. The van der Waals surface area contributed by atoms with E-state index in [-0.39, 0.29) is 17.9 Å². The van der Waals surface area contributed by atoms with Crippen molar-refractivity contribution < 1.29 is 46.1 Å². The molecule has 1 aromatic rings. The van der Waals surface area contributed by atoms with E-state index in [4.69, 9.17) is 10.8 Å². The van der Waals surface area contributed by atoms with Crippen LogP contribution in [0.3, 0.4) is 0 Å².